The Morgan fingerprint density at radius 3 is 2.72 bits per heavy atom. The standard InChI is InChI=1S/C21H29N5O3/c27-21-13-16-3-1-2-4-18(16)22-26(21)11-10-24-6-8-25(9-7-24)14-19-17-15-28-12-5-20(17)29-23-19/h13H,1-12,14-15H2. The minimum atomic E-state index is 0.0438. The third kappa shape index (κ3) is 4.15. The number of aromatic nitrogens is 3. The largest absolute Gasteiger partial charge is 0.376 e. The molecule has 0 amide bonds. The van der Waals surface area contributed by atoms with Crippen molar-refractivity contribution in [2.75, 3.05) is 39.3 Å². The summed E-state index contributed by atoms with van der Waals surface area (Å²) in [4.78, 5) is 17.2. The van der Waals surface area contributed by atoms with Crippen LogP contribution >= 0.6 is 0 Å². The Kier molecular flexibility index (Phi) is 5.48. The van der Waals surface area contributed by atoms with Gasteiger partial charge in [0.05, 0.1) is 25.5 Å². The summed E-state index contributed by atoms with van der Waals surface area (Å²) in [6.07, 6.45) is 5.19. The topological polar surface area (TPSA) is 76.6 Å². The monoisotopic (exact) mass is 399 g/mol. The van der Waals surface area contributed by atoms with Crippen LogP contribution in [0.5, 0.6) is 0 Å². The molecule has 0 radical (unpaired) electrons. The average Bonchev–Trinajstić information content (AvgIpc) is 3.16. The van der Waals surface area contributed by atoms with Crippen molar-refractivity contribution < 1.29 is 9.26 Å². The minimum Gasteiger partial charge on any atom is -0.376 e. The van der Waals surface area contributed by atoms with E-state index in [4.69, 9.17) is 9.26 Å². The number of nitrogens with zero attached hydrogens (tertiary/aromatic N) is 5. The van der Waals surface area contributed by atoms with Gasteiger partial charge >= 0.3 is 0 Å². The summed E-state index contributed by atoms with van der Waals surface area (Å²) in [6, 6.07) is 1.81. The zero-order valence-corrected chi connectivity index (χ0v) is 16.9. The molecule has 0 saturated carbocycles. The normalized spacial score (nSPS) is 20.4. The molecule has 5 rings (SSSR count). The van der Waals surface area contributed by atoms with Gasteiger partial charge in [0.25, 0.3) is 5.56 Å². The second kappa shape index (κ2) is 8.38. The summed E-state index contributed by atoms with van der Waals surface area (Å²) >= 11 is 0. The van der Waals surface area contributed by atoms with Crippen LogP contribution in [0.3, 0.4) is 0 Å². The number of hydrogen-bond donors (Lipinski definition) is 0. The first kappa shape index (κ1) is 19.0. The van der Waals surface area contributed by atoms with Gasteiger partial charge in [0.15, 0.2) is 0 Å². The van der Waals surface area contributed by atoms with E-state index in [1.165, 1.54) is 12.8 Å². The van der Waals surface area contributed by atoms with Gasteiger partial charge < -0.3 is 9.26 Å². The number of ether oxygens (including phenoxy) is 1. The third-order valence-corrected chi connectivity index (χ3v) is 6.41. The molecule has 2 aliphatic heterocycles. The average molecular weight is 399 g/mol. The van der Waals surface area contributed by atoms with Gasteiger partial charge in [0.2, 0.25) is 0 Å². The van der Waals surface area contributed by atoms with Crippen molar-refractivity contribution in [3.63, 3.8) is 0 Å². The van der Waals surface area contributed by atoms with E-state index in [0.717, 1.165) is 93.4 Å². The van der Waals surface area contributed by atoms with E-state index in [1.807, 2.05) is 6.07 Å². The molecular formula is C21H29N5O3. The van der Waals surface area contributed by atoms with Crippen LogP contribution in [0, 0.1) is 0 Å². The minimum absolute atomic E-state index is 0.0438. The van der Waals surface area contributed by atoms with Gasteiger partial charge in [-0.3, -0.25) is 14.6 Å². The highest BCUT2D eigenvalue weighted by Gasteiger charge is 2.24. The third-order valence-electron chi connectivity index (χ3n) is 6.41. The Bertz CT molecular complexity index is 914. The maximum Gasteiger partial charge on any atom is 0.267 e. The number of piperazine rings is 1. The Labute approximate surface area is 170 Å². The van der Waals surface area contributed by atoms with Crippen LogP contribution in [0.15, 0.2) is 15.4 Å². The highest BCUT2D eigenvalue weighted by Crippen LogP contribution is 2.22. The van der Waals surface area contributed by atoms with E-state index < -0.39 is 0 Å². The summed E-state index contributed by atoms with van der Waals surface area (Å²) in [5.74, 6) is 0.993. The van der Waals surface area contributed by atoms with Crippen LogP contribution in [-0.4, -0.2) is 64.1 Å². The van der Waals surface area contributed by atoms with Gasteiger partial charge in [-0.05, 0) is 31.2 Å². The molecule has 156 valence electrons. The van der Waals surface area contributed by atoms with E-state index in [0.29, 0.717) is 13.2 Å². The summed E-state index contributed by atoms with van der Waals surface area (Å²) in [7, 11) is 0. The maximum absolute atomic E-state index is 12.4. The molecule has 0 bridgehead atoms. The second-order valence-electron chi connectivity index (χ2n) is 8.34. The molecule has 0 atom stereocenters. The lowest BCUT2D eigenvalue weighted by Crippen LogP contribution is -2.47. The first-order chi connectivity index (χ1) is 14.3. The summed E-state index contributed by atoms with van der Waals surface area (Å²) in [5, 5.41) is 8.91. The Morgan fingerprint density at radius 1 is 1.00 bits per heavy atom. The predicted molar refractivity (Wildman–Crippen MR) is 107 cm³/mol. The van der Waals surface area contributed by atoms with Crippen LogP contribution < -0.4 is 5.56 Å². The molecule has 1 aliphatic carbocycles. The molecule has 1 fully saturated rings. The smallest absolute Gasteiger partial charge is 0.267 e. The van der Waals surface area contributed by atoms with Crippen LogP contribution in [0.25, 0.3) is 0 Å². The second-order valence-corrected chi connectivity index (χ2v) is 8.34. The Balaban J connectivity index is 1.13. The van der Waals surface area contributed by atoms with Crippen molar-refractivity contribution in [2.24, 2.45) is 0 Å². The molecule has 2 aromatic rings. The quantitative estimate of drug-likeness (QED) is 0.742. The summed E-state index contributed by atoms with van der Waals surface area (Å²) in [6.45, 7) is 7.68. The van der Waals surface area contributed by atoms with Crippen molar-refractivity contribution in [3.8, 4) is 0 Å². The maximum atomic E-state index is 12.4. The fourth-order valence-corrected chi connectivity index (χ4v) is 4.59. The van der Waals surface area contributed by atoms with E-state index in [2.05, 4.69) is 20.1 Å². The van der Waals surface area contributed by atoms with Crippen LogP contribution in [0.4, 0.5) is 0 Å². The summed E-state index contributed by atoms with van der Waals surface area (Å²) < 4.78 is 12.7. The van der Waals surface area contributed by atoms with Gasteiger partial charge in [0, 0.05) is 57.3 Å². The SMILES string of the molecule is O=c1cc2c(nn1CCN1CCN(Cc3noc4c3COCC4)CC1)CCCC2. The number of aryl methyl sites for hydroxylation is 2. The van der Waals surface area contributed by atoms with Crippen LogP contribution in [0.2, 0.25) is 0 Å². The molecule has 2 aromatic heterocycles. The van der Waals surface area contributed by atoms with Gasteiger partial charge in [0.1, 0.15) is 11.5 Å². The van der Waals surface area contributed by atoms with E-state index in [-0.39, 0.29) is 5.56 Å². The van der Waals surface area contributed by atoms with Crippen LogP contribution in [-0.2, 0) is 43.7 Å². The van der Waals surface area contributed by atoms with Crippen LogP contribution in [0.1, 0.15) is 41.1 Å². The predicted octanol–water partition coefficient (Wildman–Crippen LogP) is 1.00. The lowest BCUT2D eigenvalue weighted by Gasteiger charge is -2.34. The zero-order chi connectivity index (χ0) is 19.6. The van der Waals surface area contributed by atoms with E-state index >= 15 is 0 Å². The first-order valence-electron chi connectivity index (χ1n) is 10.8. The molecule has 0 unspecified atom stereocenters. The molecule has 0 aromatic carbocycles. The van der Waals surface area contributed by atoms with Crippen molar-refractivity contribution in [3.05, 3.63) is 44.7 Å². The van der Waals surface area contributed by atoms with Gasteiger partial charge in [-0.1, -0.05) is 5.16 Å². The lowest BCUT2D eigenvalue weighted by atomic mass is 9.97. The Morgan fingerprint density at radius 2 is 1.83 bits per heavy atom. The highest BCUT2D eigenvalue weighted by atomic mass is 16.5. The number of fused-ring (bicyclic) bond motifs is 2. The highest BCUT2D eigenvalue weighted by molar-refractivity contribution is 5.24. The number of rotatable bonds is 5. The number of hydrogen-bond acceptors (Lipinski definition) is 7. The van der Waals surface area contributed by atoms with Crippen molar-refractivity contribution in [1.29, 1.82) is 0 Å². The van der Waals surface area contributed by atoms with Gasteiger partial charge in [-0.25, -0.2) is 4.68 Å². The van der Waals surface area contributed by atoms with Gasteiger partial charge in [-0.2, -0.15) is 5.10 Å². The summed E-state index contributed by atoms with van der Waals surface area (Å²) in [5.41, 5.74) is 4.50. The molecule has 29 heavy (non-hydrogen) atoms. The van der Waals surface area contributed by atoms with E-state index in [9.17, 15) is 4.79 Å². The fraction of sp³-hybridized carbons (Fsp3) is 0.667. The Hall–Kier alpha value is -2.03. The molecule has 8 heteroatoms. The molecule has 4 heterocycles. The lowest BCUT2D eigenvalue weighted by molar-refractivity contribution is 0.101. The molecule has 0 spiro atoms. The van der Waals surface area contributed by atoms with Crippen molar-refractivity contribution in [1.82, 2.24) is 24.7 Å². The molecule has 1 saturated heterocycles. The zero-order valence-electron chi connectivity index (χ0n) is 16.9. The molecular weight excluding hydrogens is 370 g/mol. The first-order valence-corrected chi connectivity index (χ1v) is 10.8. The van der Waals surface area contributed by atoms with Crippen molar-refractivity contribution >= 4 is 0 Å². The molecule has 3 aliphatic rings. The fourth-order valence-electron chi connectivity index (χ4n) is 4.59. The van der Waals surface area contributed by atoms with E-state index in [1.54, 1.807) is 4.68 Å². The van der Waals surface area contributed by atoms with Crippen molar-refractivity contribution in [2.45, 2.75) is 51.8 Å². The molecule has 8 nitrogen and oxygen atoms in total. The molecule has 0 N–H and O–H groups in total. The van der Waals surface area contributed by atoms with Gasteiger partial charge in [-0.15, -0.1) is 0 Å².